The number of fused-ring (bicyclic) bond motifs is 1. The zero-order valence-electron chi connectivity index (χ0n) is 15.5. The van der Waals surface area contributed by atoms with E-state index < -0.39 is 0 Å². The van der Waals surface area contributed by atoms with Crippen molar-refractivity contribution in [1.29, 1.82) is 0 Å². The molecule has 4 rings (SSSR count). The van der Waals surface area contributed by atoms with E-state index >= 15 is 0 Å². The van der Waals surface area contributed by atoms with Crippen molar-refractivity contribution in [3.63, 3.8) is 0 Å². The topological polar surface area (TPSA) is 78.0 Å². The average Bonchev–Trinajstić information content (AvgIpc) is 2.69. The highest BCUT2D eigenvalue weighted by atomic mass is 16.1. The number of aromatic nitrogens is 4. The summed E-state index contributed by atoms with van der Waals surface area (Å²) in [5, 5.41) is 0. The van der Waals surface area contributed by atoms with Crippen LogP contribution >= 0.6 is 0 Å². The van der Waals surface area contributed by atoms with Crippen molar-refractivity contribution in [2.24, 2.45) is 0 Å². The minimum absolute atomic E-state index is 0.0578. The predicted molar refractivity (Wildman–Crippen MR) is 104 cm³/mol. The van der Waals surface area contributed by atoms with Gasteiger partial charge >= 0.3 is 0 Å². The van der Waals surface area contributed by atoms with Gasteiger partial charge in [-0.25, -0.2) is 9.97 Å². The van der Waals surface area contributed by atoms with Gasteiger partial charge in [-0.05, 0) is 23.8 Å². The summed E-state index contributed by atoms with van der Waals surface area (Å²) in [4.78, 5) is 32.9. The van der Waals surface area contributed by atoms with Crippen molar-refractivity contribution in [3.8, 4) is 11.4 Å². The SMILES string of the molecule is CN(C)c1ccc(CN2CCc3nc(-c4ccncc4)[nH]c(=O)c3C2)cn1. The van der Waals surface area contributed by atoms with E-state index in [0.717, 1.165) is 47.7 Å². The fraction of sp³-hybridized carbons (Fsp3) is 0.300. The number of H-pyrrole nitrogens is 1. The molecule has 7 heteroatoms. The molecule has 0 aromatic carbocycles. The molecule has 0 fully saturated rings. The summed E-state index contributed by atoms with van der Waals surface area (Å²) in [7, 11) is 3.95. The van der Waals surface area contributed by atoms with Crippen molar-refractivity contribution in [2.45, 2.75) is 19.5 Å². The highest BCUT2D eigenvalue weighted by Crippen LogP contribution is 2.20. The number of hydrogen-bond donors (Lipinski definition) is 1. The number of nitrogens with one attached hydrogen (secondary N) is 1. The van der Waals surface area contributed by atoms with Gasteiger partial charge in [-0.2, -0.15) is 0 Å². The molecular formula is C20H22N6O. The molecule has 1 aliphatic rings. The third-order valence-electron chi connectivity index (χ3n) is 4.77. The van der Waals surface area contributed by atoms with Gasteiger partial charge < -0.3 is 9.88 Å². The van der Waals surface area contributed by atoms with Crippen molar-refractivity contribution in [1.82, 2.24) is 24.8 Å². The zero-order chi connectivity index (χ0) is 18.8. The van der Waals surface area contributed by atoms with Crippen LogP contribution in [0.3, 0.4) is 0 Å². The van der Waals surface area contributed by atoms with Gasteiger partial charge in [0.2, 0.25) is 0 Å². The molecule has 0 bridgehead atoms. The van der Waals surface area contributed by atoms with Crippen molar-refractivity contribution >= 4 is 5.82 Å². The molecule has 0 atom stereocenters. The smallest absolute Gasteiger partial charge is 0.255 e. The number of anilines is 1. The maximum absolute atomic E-state index is 12.6. The molecule has 1 aliphatic heterocycles. The molecular weight excluding hydrogens is 340 g/mol. The molecule has 138 valence electrons. The van der Waals surface area contributed by atoms with Gasteiger partial charge in [0.25, 0.3) is 5.56 Å². The van der Waals surface area contributed by atoms with Gasteiger partial charge in [0.1, 0.15) is 11.6 Å². The normalized spacial score (nSPS) is 14.0. The first-order valence-electron chi connectivity index (χ1n) is 8.97. The highest BCUT2D eigenvalue weighted by Gasteiger charge is 2.21. The second-order valence-corrected chi connectivity index (χ2v) is 6.96. The lowest BCUT2D eigenvalue weighted by molar-refractivity contribution is 0.241. The zero-order valence-corrected chi connectivity index (χ0v) is 15.5. The van der Waals surface area contributed by atoms with Crippen LogP contribution in [0, 0.1) is 0 Å². The van der Waals surface area contributed by atoms with Crippen molar-refractivity contribution < 1.29 is 0 Å². The Balaban J connectivity index is 1.52. The van der Waals surface area contributed by atoms with Crippen LogP contribution in [0.15, 0.2) is 47.7 Å². The van der Waals surface area contributed by atoms with Crippen LogP contribution in [0.5, 0.6) is 0 Å². The second-order valence-electron chi connectivity index (χ2n) is 6.96. The van der Waals surface area contributed by atoms with Crippen LogP contribution < -0.4 is 10.5 Å². The molecule has 3 aromatic rings. The third kappa shape index (κ3) is 3.73. The Hall–Kier alpha value is -3.06. The monoisotopic (exact) mass is 362 g/mol. The van der Waals surface area contributed by atoms with Crippen molar-refractivity contribution in [2.75, 3.05) is 25.5 Å². The Bertz CT molecular complexity index is 982. The maximum atomic E-state index is 12.6. The summed E-state index contributed by atoms with van der Waals surface area (Å²) >= 11 is 0. The van der Waals surface area contributed by atoms with Crippen LogP contribution in [0.25, 0.3) is 11.4 Å². The Morgan fingerprint density at radius 3 is 2.70 bits per heavy atom. The van der Waals surface area contributed by atoms with Crippen LogP contribution in [0.2, 0.25) is 0 Å². The van der Waals surface area contributed by atoms with Crippen LogP contribution in [-0.2, 0) is 19.5 Å². The first-order valence-corrected chi connectivity index (χ1v) is 8.97. The van der Waals surface area contributed by atoms with E-state index in [0.29, 0.717) is 12.4 Å². The number of pyridine rings is 2. The van der Waals surface area contributed by atoms with Crippen LogP contribution in [-0.4, -0.2) is 45.5 Å². The molecule has 27 heavy (non-hydrogen) atoms. The summed E-state index contributed by atoms with van der Waals surface area (Å²) in [6.45, 7) is 2.24. The first-order chi connectivity index (χ1) is 13.1. The standard InChI is InChI=1S/C20H22N6O/c1-25(2)18-4-3-14(11-22-18)12-26-10-7-17-16(13-26)20(27)24-19(23-17)15-5-8-21-9-6-15/h3-6,8-9,11H,7,10,12-13H2,1-2H3,(H,23,24,27). The van der Waals surface area contributed by atoms with Crippen LogP contribution in [0.4, 0.5) is 5.82 Å². The third-order valence-corrected chi connectivity index (χ3v) is 4.77. The molecule has 0 saturated carbocycles. The van der Waals surface area contributed by atoms with Crippen LogP contribution in [0.1, 0.15) is 16.8 Å². The summed E-state index contributed by atoms with van der Waals surface area (Å²) in [6.07, 6.45) is 6.07. The van der Waals surface area contributed by atoms with Gasteiger partial charge in [-0.15, -0.1) is 0 Å². The fourth-order valence-corrected chi connectivity index (χ4v) is 3.30. The van der Waals surface area contributed by atoms with Gasteiger partial charge in [-0.1, -0.05) is 6.07 Å². The lowest BCUT2D eigenvalue weighted by Gasteiger charge is -2.27. The molecule has 0 radical (unpaired) electrons. The molecule has 0 spiro atoms. The number of nitrogens with zero attached hydrogens (tertiary/aromatic N) is 5. The molecule has 0 aliphatic carbocycles. The number of hydrogen-bond acceptors (Lipinski definition) is 6. The summed E-state index contributed by atoms with van der Waals surface area (Å²) in [5.74, 6) is 1.55. The number of rotatable bonds is 4. The van der Waals surface area contributed by atoms with Gasteiger partial charge in [0.15, 0.2) is 0 Å². The maximum Gasteiger partial charge on any atom is 0.255 e. The molecule has 3 aromatic heterocycles. The minimum atomic E-state index is -0.0578. The lowest BCUT2D eigenvalue weighted by atomic mass is 10.1. The quantitative estimate of drug-likeness (QED) is 0.763. The van der Waals surface area contributed by atoms with E-state index in [2.05, 4.69) is 30.9 Å². The molecule has 4 heterocycles. The second kappa shape index (κ2) is 7.28. The van der Waals surface area contributed by atoms with E-state index in [9.17, 15) is 4.79 Å². The fourth-order valence-electron chi connectivity index (χ4n) is 3.30. The minimum Gasteiger partial charge on any atom is -0.363 e. The van der Waals surface area contributed by atoms with Gasteiger partial charge in [0.05, 0.1) is 11.3 Å². The largest absolute Gasteiger partial charge is 0.363 e. The summed E-state index contributed by atoms with van der Waals surface area (Å²) in [6, 6.07) is 7.81. The Labute approximate surface area is 157 Å². The Morgan fingerprint density at radius 1 is 1.19 bits per heavy atom. The van der Waals surface area contributed by atoms with Crippen molar-refractivity contribution in [3.05, 3.63) is 70.0 Å². The molecule has 0 amide bonds. The average molecular weight is 362 g/mol. The molecule has 0 saturated heterocycles. The number of aromatic amines is 1. The summed E-state index contributed by atoms with van der Waals surface area (Å²) < 4.78 is 0. The molecule has 0 unspecified atom stereocenters. The predicted octanol–water partition coefficient (Wildman–Crippen LogP) is 1.85. The van der Waals surface area contributed by atoms with E-state index in [1.54, 1.807) is 12.4 Å². The van der Waals surface area contributed by atoms with E-state index in [-0.39, 0.29) is 5.56 Å². The van der Waals surface area contributed by atoms with E-state index in [1.807, 2.05) is 43.4 Å². The first kappa shape index (κ1) is 17.4. The molecule has 1 N–H and O–H groups in total. The summed E-state index contributed by atoms with van der Waals surface area (Å²) in [5.41, 5.74) is 3.61. The van der Waals surface area contributed by atoms with E-state index in [1.165, 1.54) is 0 Å². The Kier molecular flexibility index (Phi) is 4.68. The van der Waals surface area contributed by atoms with Gasteiger partial charge in [0, 0.05) is 64.3 Å². The van der Waals surface area contributed by atoms with E-state index in [4.69, 9.17) is 0 Å². The van der Waals surface area contributed by atoms with Gasteiger partial charge in [-0.3, -0.25) is 14.7 Å². The highest BCUT2D eigenvalue weighted by molar-refractivity contribution is 5.54. The Morgan fingerprint density at radius 2 is 2.00 bits per heavy atom. The lowest BCUT2D eigenvalue weighted by Crippen LogP contribution is -2.35. The molecule has 7 nitrogen and oxygen atoms in total.